The summed E-state index contributed by atoms with van der Waals surface area (Å²) >= 11 is 3.90. The van der Waals surface area contributed by atoms with Crippen LogP contribution in [0.4, 0.5) is 35.1 Å². The molecule has 0 saturated heterocycles. The quantitative estimate of drug-likeness (QED) is 0.0325. The van der Waals surface area contributed by atoms with E-state index in [4.69, 9.17) is 4.18 Å². The lowest BCUT2D eigenvalue weighted by Crippen LogP contribution is -2.09. The second-order valence-electron chi connectivity index (χ2n) is 16.1. The van der Waals surface area contributed by atoms with Gasteiger partial charge in [-0.15, -0.1) is 11.8 Å². The Morgan fingerprint density at radius 3 is 1.25 bits per heavy atom. The summed E-state index contributed by atoms with van der Waals surface area (Å²) < 4.78 is 213. The van der Waals surface area contributed by atoms with Gasteiger partial charge in [-0.3, -0.25) is 8.74 Å². The highest BCUT2D eigenvalue weighted by molar-refractivity contribution is 8.00. The van der Waals surface area contributed by atoms with Crippen LogP contribution in [0.3, 0.4) is 0 Å². The zero-order chi connectivity index (χ0) is 54.3. The average Bonchev–Trinajstić information content (AvgIpc) is 3.39. The van der Waals surface area contributed by atoms with Gasteiger partial charge in [0.05, 0.1) is 32.9 Å². The summed E-state index contributed by atoms with van der Waals surface area (Å²) in [6, 6.07) is 34.5. The second-order valence-corrected chi connectivity index (χ2v) is 25.3. The summed E-state index contributed by atoms with van der Waals surface area (Å²) in [4.78, 5) is 0.139. The molecule has 8 rings (SSSR count). The lowest BCUT2D eigenvalue weighted by molar-refractivity contribution is 0.396. The molecule has 0 radical (unpaired) electrons. The van der Waals surface area contributed by atoms with E-state index in [1.807, 2.05) is 42.7 Å². The van der Waals surface area contributed by atoms with Crippen LogP contribution < -0.4 is 0 Å². The van der Waals surface area contributed by atoms with Crippen LogP contribution >= 0.6 is 47.0 Å². The van der Waals surface area contributed by atoms with E-state index >= 15 is 17.6 Å². The van der Waals surface area contributed by atoms with E-state index < -0.39 is 119 Å². The number of thioether (sulfide) groups is 1. The number of hydrogen-bond acceptors (Lipinski definition) is 11. The molecular formula is C52H34F8O8S7. The van der Waals surface area contributed by atoms with Gasteiger partial charge in [0.2, 0.25) is 9.84 Å². The standard InChI is InChI=1S/C52H34F8O8S7/c1-27-44(53)46(55)42(47(56)45(27)54)43-48(57)50(59)52(51(60)49(43)58)72-36-18-10-31(11-19-36)30-6-14-34(15-7-30)70-39-22-20-37(24-32(39)26-73(61,62)63)74(64,65)38-21-23-40(41(25-38)75(66,67)68-2)71-35-16-8-29(9-17-35)28-4-12-33(69-3)13-5-28/h4-25H,26H2,1-3H3,(H,61,62,63). The van der Waals surface area contributed by atoms with Crippen molar-refractivity contribution in [2.24, 2.45) is 0 Å². The molecule has 0 bridgehead atoms. The lowest BCUT2D eigenvalue weighted by atomic mass is 9.99. The minimum absolute atomic E-state index is 0.0409. The molecule has 1 N–H and O–H groups in total. The third-order valence-electron chi connectivity index (χ3n) is 11.3. The summed E-state index contributed by atoms with van der Waals surface area (Å²) in [6.07, 6.45) is 1.97. The maximum absolute atomic E-state index is 15.3. The Morgan fingerprint density at radius 2 is 0.840 bits per heavy atom. The Morgan fingerprint density at radius 1 is 0.467 bits per heavy atom. The van der Waals surface area contributed by atoms with Gasteiger partial charge in [-0.2, -0.15) is 16.8 Å². The molecule has 8 aromatic rings. The van der Waals surface area contributed by atoms with Gasteiger partial charge in [-0.05, 0) is 126 Å². The van der Waals surface area contributed by atoms with E-state index in [-0.39, 0.29) is 32.0 Å². The maximum atomic E-state index is 15.3. The highest BCUT2D eigenvalue weighted by Gasteiger charge is 2.34. The Labute approximate surface area is 442 Å². The molecule has 8 nitrogen and oxygen atoms in total. The van der Waals surface area contributed by atoms with E-state index in [0.29, 0.717) is 27.8 Å². The molecule has 0 aliphatic rings. The Bertz CT molecular complexity index is 3830. The van der Waals surface area contributed by atoms with Gasteiger partial charge in [-0.25, -0.2) is 43.5 Å². The predicted octanol–water partition coefficient (Wildman–Crippen LogP) is 14.8. The molecular weight excluding hydrogens is 1130 g/mol. The van der Waals surface area contributed by atoms with Crippen molar-refractivity contribution in [1.82, 2.24) is 0 Å². The summed E-state index contributed by atoms with van der Waals surface area (Å²) in [5.74, 6) is -18.3. The molecule has 0 aliphatic carbocycles. The molecule has 0 aromatic heterocycles. The fourth-order valence-corrected chi connectivity index (χ4v) is 13.8. The highest BCUT2D eigenvalue weighted by Crippen LogP contribution is 2.44. The maximum Gasteiger partial charge on any atom is 0.297 e. The third-order valence-corrected chi connectivity index (χ3v) is 19.2. The van der Waals surface area contributed by atoms with Gasteiger partial charge < -0.3 is 0 Å². The summed E-state index contributed by atoms with van der Waals surface area (Å²) in [6.45, 7) is 0.651. The first-order valence-electron chi connectivity index (χ1n) is 21.4. The van der Waals surface area contributed by atoms with Gasteiger partial charge in [0.15, 0.2) is 46.5 Å². The second kappa shape index (κ2) is 22.1. The largest absolute Gasteiger partial charge is 0.297 e. The smallest absolute Gasteiger partial charge is 0.285 e. The molecule has 0 amide bonds. The fourth-order valence-electron chi connectivity index (χ4n) is 7.48. The van der Waals surface area contributed by atoms with Crippen LogP contribution in [0.1, 0.15) is 11.1 Å². The third kappa shape index (κ3) is 11.7. The highest BCUT2D eigenvalue weighted by atomic mass is 32.2. The van der Waals surface area contributed by atoms with E-state index in [1.54, 1.807) is 48.2 Å². The van der Waals surface area contributed by atoms with Crippen LogP contribution in [-0.2, 0) is 40.0 Å². The monoisotopic (exact) mass is 1160 g/mol. The van der Waals surface area contributed by atoms with Crippen molar-refractivity contribution in [3.8, 4) is 33.4 Å². The van der Waals surface area contributed by atoms with Crippen molar-refractivity contribution in [2.45, 2.75) is 61.6 Å². The molecule has 0 aliphatic heterocycles. The number of hydrogen-bond donors (Lipinski definition) is 1. The lowest BCUT2D eigenvalue weighted by Gasteiger charge is -2.15. The zero-order valence-corrected chi connectivity index (χ0v) is 44.3. The molecule has 0 unspecified atom stereocenters. The van der Waals surface area contributed by atoms with Crippen LogP contribution in [0, 0.1) is 53.5 Å². The minimum Gasteiger partial charge on any atom is -0.285 e. The van der Waals surface area contributed by atoms with Crippen LogP contribution in [-0.4, -0.2) is 43.2 Å². The van der Waals surface area contributed by atoms with Crippen molar-refractivity contribution in [3.63, 3.8) is 0 Å². The zero-order valence-electron chi connectivity index (χ0n) is 38.6. The Kier molecular flexibility index (Phi) is 16.4. The van der Waals surface area contributed by atoms with Crippen molar-refractivity contribution < 1.29 is 69.1 Å². The van der Waals surface area contributed by atoms with Crippen LogP contribution in [0.25, 0.3) is 33.4 Å². The summed E-state index contributed by atoms with van der Waals surface area (Å²) in [5, 5.41) is 0. The van der Waals surface area contributed by atoms with Crippen LogP contribution in [0.2, 0.25) is 0 Å². The molecule has 23 heteroatoms. The van der Waals surface area contributed by atoms with Crippen LogP contribution in [0.15, 0.2) is 182 Å². The van der Waals surface area contributed by atoms with Crippen molar-refractivity contribution in [3.05, 3.63) is 191 Å². The Hall–Kier alpha value is -5.63. The SMILES string of the molecule is COS(=O)(=O)c1cc(S(=O)(=O)c2ccc(Sc3ccc(-c4ccc(Sc5c(F)c(F)c(-c6c(F)c(F)c(C)c(F)c6F)c(F)c5F)cc4)cc3)c(CS(=O)(=O)O)c2)ccc1Sc1ccc(-c2ccc(SC)cc2)cc1. The number of sulfone groups is 1. The van der Waals surface area contributed by atoms with E-state index in [2.05, 4.69) is 0 Å². The predicted molar refractivity (Wildman–Crippen MR) is 272 cm³/mol. The molecule has 0 spiro atoms. The first kappa shape index (κ1) is 55.6. The van der Waals surface area contributed by atoms with Gasteiger partial charge in [0.25, 0.3) is 20.2 Å². The molecule has 0 fully saturated rings. The van der Waals surface area contributed by atoms with E-state index in [1.165, 1.54) is 48.5 Å². The van der Waals surface area contributed by atoms with Crippen LogP contribution in [0.5, 0.6) is 0 Å². The van der Waals surface area contributed by atoms with Crippen molar-refractivity contribution in [2.75, 3.05) is 13.4 Å². The average molecular weight is 1160 g/mol. The Balaban J connectivity index is 1.01. The molecule has 0 heterocycles. The molecule has 388 valence electrons. The van der Waals surface area contributed by atoms with Crippen molar-refractivity contribution in [1.29, 1.82) is 0 Å². The molecule has 0 saturated carbocycles. The van der Waals surface area contributed by atoms with Gasteiger partial charge in [-0.1, -0.05) is 83.8 Å². The summed E-state index contributed by atoms with van der Waals surface area (Å²) in [5.41, 5.74) is -2.22. The van der Waals surface area contributed by atoms with Gasteiger partial charge in [0, 0.05) is 34.9 Å². The topological polar surface area (TPSA) is 132 Å². The molecule has 0 atom stereocenters. The number of rotatable bonds is 16. The van der Waals surface area contributed by atoms with Crippen molar-refractivity contribution >= 4 is 77.1 Å². The normalized spacial score (nSPS) is 12.1. The van der Waals surface area contributed by atoms with Gasteiger partial charge in [0.1, 0.15) is 10.6 Å². The molecule has 8 aromatic carbocycles. The van der Waals surface area contributed by atoms with E-state index in [0.717, 1.165) is 58.8 Å². The minimum atomic E-state index is -4.74. The summed E-state index contributed by atoms with van der Waals surface area (Å²) in [7, 11) is -12.8. The first-order chi connectivity index (χ1) is 35.4. The fraction of sp³-hybridized carbons (Fsp3) is 0.0769. The van der Waals surface area contributed by atoms with E-state index in [9.17, 15) is 47.4 Å². The molecule has 75 heavy (non-hydrogen) atoms. The van der Waals surface area contributed by atoms with Gasteiger partial charge >= 0.3 is 0 Å². The first-order valence-corrected chi connectivity index (χ1v) is 29.5. The number of benzene rings is 8. The number of halogens is 8.